The number of anilines is 3. The van der Waals surface area contributed by atoms with Crippen molar-refractivity contribution < 1.29 is 13.2 Å². The number of nitrogens with zero attached hydrogens (tertiary/aromatic N) is 3. The molecule has 152 valence electrons. The van der Waals surface area contributed by atoms with Crippen molar-refractivity contribution in [2.45, 2.75) is 44.8 Å². The molecule has 0 aliphatic carbocycles. The molecule has 1 atom stereocenters. The minimum Gasteiger partial charge on any atom is -0.398 e. The number of aryl methyl sites for hydroxylation is 1. The van der Waals surface area contributed by atoms with Gasteiger partial charge in [-0.1, -0.05) is 13.3 Å². The van der Waals surface area contributed by atoms with Crippen LogP contribution < -0.4 is 22.1 Å². The van der Waals surface area contributed by atoms with E-state index in [0.717, 1.165) is 31.9 Å². The van der Waals surface area contributed by atoms with Crippen LogP contribution in [0.25, 0.3) is 11.4 Å². The van der Waals surface area contributed by atoms with Gasteiger partial charge in [-0.05, 0) is 31.4 Å². The van der Waals surface area contributed by atoms with E-state index < -0.39 is 17.4 Å². The average molecular weight is 394 g/mol. The van der Waals surface area contributed by atoms with E-state index >= 15 is 0 Å². The van der Waals surface area contributed by atoms with Gasteiger partial charge in [-0.3, -0.25) is 0 Å². The maximum atomic E-state index is 13.7. The van der Waals surface area contributed by atoms with Gasteiger partial charge in [0, 0.05) is 42.3 Å². The number of halogens is 3. The highest BCUT2D eigenvalue weighted by Crippen LogP contribution is 2.43. The third-order valence-corrected chi connectivity index (χ3v) is 4.83. The topological polar surface area (TPSA) is 107 Å². The molecule has 1 aliphatic heterocycles. The van der Waals surface area contributed by atoms with Crippen LogP contribution in [0.15, 0.2) is 18.2 Å². The van der Waals surface area contributed by atoms with Gasteiger partial charge in [-0.2, -0.15) is 13.2 Å². The van der Waals surface area contributed by atoms with E-state index in [4.69, 9.17) is 17.2 Å². The van der Waals surface area contributed by atoms with Gasteiger partial charge in [-0.15, -0.1) is 0 Å². The summed E-state index contributed by atoms with van der Waals surface area (Å²) in [5.74, 6) is 0.510. The van der Waals surface area contributed by atoms with Crippen molar-refractivity contribution in [3.8, 4) is 11.4 Å². The second-order valence-electron chi connectivity index (χ2n) is 7.13. The molecular formula is C19H25F3N6. The Hall–Kier alpha value is -2.55. The summed E-state index contributed by atoms with van der Waals surface area (Å²) in [6.45, 7) is 3.32. The van der Waals surface area contributed by atoms with Crippen LogP contribution in [0.1, 0.15) is 37.4 Å². The number of benzene rings is 1. The molecule has 6 nitrogen and oxygen atoms in total. The fourth-order valence-corrected chi connectivity index (χ4v) is 3.54. The van der Waals surface area contributed by atoms with Crippen LogP contribution in [0, 0.1) is 0 Å². The van der Waals surface area contributed by atoms with E-state index in [-0.39, 0.29) is 23.1 Å². The quantitative estimate of drug-likeness (QED) is 0.688. The molecule has 1 aromatic heterocycles. The van der Waals surface area contributed by atoms with Crippen LogP contribution in [0.4, 0.5) is 30.4 Å². The Morgan fingerprint density at radius 3 is 2.54 bits per heavy atom. The lowest BCUT2D eigenvalue weighted by Gasteiger charge is -2.32. The van der Waals surface area contributed by atoms with Crippen molar-refractivity contribution in [1.29, 1.82) is 0 Å². The van der Waals surface area contributed by atoms with Crippen molar-refractivity contribution in [3.05, 3.63) is 29.5 Å². The van der Waals surface area contributed by atoms with Gasteiger partial charge < -0.3 is 22.1 Å². The number of rotatable bonds is 4. The van der Waals surface area contributed by atoms with Crippen molar-refractivity contribution in [2.75, 3.05) is 29.5 Å². The van der Waals surface area contributed by atoms with Crippen LogP contribution in [-0.4, -0.2) is 29.1 Å². The summed E-state index contributed by atoms with van der Waals surface area (Å²) in [5, 5.41) is 0. The lowest BCUT2D eigenvalue weighted by Crippen LogP contribution is -2.43. The normalized spacial score (nSPS) is 17.8. The van der Waals surface area contributed by atoms with Crippen LogP contribution in [0.3, 0.4) is 0 Å². The second kappa shape index (κ2) is 7.83. The summed E-state index contributed by atoms with van der Waals surface area (Å²) in [6.07, 6.45) is -1.44. The highest BCUT2D eigenvalue weighted by Gasteiger charge is 2.38. The first-order chi connectivity index (χ1) is 13.2. The Labute approximate surface area is 161 Å². The molecule has 3 rings (SSSR count). The SMILES string of the molecule is CCCc1cc(N2CCCC(N)C2)nc(-c2c(N)ccc(N)c2C(F)(F)F)n1. The molecule has 2 heterocycles. The molecule has 0 radical (unpaired) electrons. The number of nitrogens with two attached hydrogens (primary N) is 3. The summed E-state index contributed by atoms with van der Waals surface area (Å²) in [5.41, 5.74) is 16.6. The standard InChI is InChI=1S/C19H25F3N6/c1-2-4-12-9-15(28-8-3-5-11(23)10-28)27-18(26-12)16-13(24)6-7-14(25)17(16)19(20,21)22/h6-7,9,11H,2-5,8,10,23-25H2,1H3. The third-order valence-electron chi connectivity index (χ3n) is 4.83. The molecule has 2 aromatic rings. The molecule has 1 aromatic carbocycles. The lowest BCUT2D eigenvalue weighted by molar-refractivity contribution is -0.136. The summed E-state index contributed by atoms with van der Waals surface area (Å²) >= 11 is 0. The molecule has 28 heavy (non-hydrogen) atoms. The molecule has 0 amide bonds. The van der Waals surface area contributed by atoms with Crippen molar-refractivity contribution >= 4 is 17.2 Å². The van der Waals surface area contributed by atoms with Gasteiger partial charge in [0.1, 0.15) is 5.82 Å². The van der Waals surface area contributed by atoms with E-state index in [9.17, 15) is 13.2 Å². The smallest absolute Gasteiger partial charge is 0.398 e. The Morgan fingerprint density at radius 2 is 1.89 bits per heavy atom. The maximum absolute atomic E-state index is 13.7. The van der Waals surface area contributed by atoms with Crippen molar-refractivity contribution in [1.82, 2.24) is 9.97 Å². The molecule has 0 bridgehead atoms. The van der Waals surface area contributed by atoms with Gasteiger partial charge in [0.2, 0.25) is 0 Å². The average Bonchev–Trinajstić information content (AvgIpc) is 2.62. The first-order valence-electron chi connectivity index (χ1n) is 9.34. The number of hydrogen-bond acceptors (Lipinski definition) is 6. The summed E-state index contributed by atoms with van der Waals surface area (Å²) in [4.78, 5) is 10.8. The monoisotopic (exact) mass is 394 g/mol. The van der Waals surface area contributed by atoms with Crippen LogP contribution >= 0.6 is 0 Å². The van der Waals surface area contributed by atoms with Gasteiger partial charge in [-0.25, -0.2) is 9.97 Å². The van der Waals surface area contributed by atoms with Gasteiger partial charge in [0.15, 0.2) is 5.82 Å². The Bertz CT molecular complexity index is 852. The molecule has 1 fully saturated rings. The van der Waals surface area contributed by atoms with Crippen LogP contribution in [-0.2, 0) is 12.6 Å². The Morgan fingerprint density at radius 1 is 1.18 bits per heavy atom. The predicted octanol–water partition coefficient (Wildman–Crippen LogP) is 3.21. The fourth-order valence-electron chi connectivity index (χ4n) is 3.54. The summed E-state index contributed by atoms with van der Waals surface area (Å²) in [6, 6.07) is 4.33. The summed E-state index contributed by atoms with van der Waals surface area (Å²) in [7, 11) is 0. The molecule has 1 aliphatic rings. The van der Waals surface area contributed by atoms with E-state index in [1.165, 1.54) is 6.07 Å². The maximum Gasteiger partial charge on any atom is 0.419 e. The second-order valence-corrected chi connectivity index (χ2v) is 7.13. The molecule has 0 saturated carbocycles. The Balaban J connectivity index is 2.18. The Kier molecular flexibility index (Phi) is 5.64. The van der Waals surface area contributed by atoms with Crippen LogP contribution in [0.2, 0.25) is 0 Å². The van der Waals surface area contributed by atoms with Crippen molar-refractivity contribution in [2.24, 2.45) is 5.73 Å². The van der Waals surface area contributed by atoms with E-state index in [1.54, 1.807) is 0 Å². The van der Waals surface area contributed by atoms with Crippen LogP contribution in [0.5, 0.6) is 0 Å². The van der Waals surface area contributed by atoms with Gasteiger partial charge >= 0.3 is 6.18 Å². The molecule has 9 heteroatoms. The number of aromatic nitrogens is 2. The van der Waals surface area contributed by atoms with Crippen molar-refractivity contribution in [3.63, 3.8) is 0 Å². The third kappa shape index (κ3) is 4.14. The summed E-state index contributed by atoms with van der Waals surface area (Å²) < 4.78 is 41.1. The minimum absolute atomic E-state index is 0.00460. The minimum atomic E-state index is -4.67. The largest absolute Gasteiger partial charge is 0.419 e. The number of hydrogen-bond donors (Lipinski definition) is 3. The first kappa shape index (κ1) is 20.2. The number of nitrogen functional groups attached to an aromatic ring is 2. The molecule has 1 unspecified atom stereocenters. The van der Waals surface area contributed by atoms with Gasteiger partial charge in [0.05, 0.1) is 11.1 Å². The predicted molar refractivity (Wildman–Crippen MR) is 105 cm³/mol. The zero-order valence-electron chi connectivity index (χ0n) is 15.8. The zero-order valence-corrected chi connectivity index (χ0v) is 15.8. The first-order valence-corrected chi connectivity index (χ1v) is 9.34. The van der Waals surface area contributed by atoms with E-state index in [2.05, 4.69) is 9.97 Å². The molecular weight excluding hydrogens is 369 g/mol. The number of piperidine rings is 1. The fraction of sp³-hybridized carbons (Fsp3) is 0.474. The molecule has 6 N–H and O–H groups in total. The number of alkyl halides is 3. The highest BCUT2D eigenvalue weighted by molar-refractivity contribution is 5.81. The van der Waals surface area contributed by atoms with E-state index in [0.29, 0.717) is 24.5 Å². The lowest BCUT2D eigenvalue weighted by atomic mass is 10.0. The van der Waals surface area contributed by atoms with Gasteiger partial charge in [0.25, 0.3) is 0 Å². The molecule has 1 saturated heterocycles. The highest BCUT2D eigenvalue weighted by atomic mass is 19.4. The molecule has 0 spiro atoms. The zero-order chi connectivity index (χ0) is 20.5. The van der Waals surface area contributed by atoms with E-state index in [1.807, 2.05) is 17.9 Å².